The van der Waals surface area contributed by atoms with E-state index in [-0.39, 0.29) is 31.5 Å². The molecule has 0 aliphatic carbocycles. The van der Waals surface area contributed by atoms with E-state index in [1.807, 2.05) is 32.2 Å². The number of fused-ring (bicyclic) bond motifs is 4. The molecule has 1 aliphatic rings. The lowest BCUT2D eigenvalue weighted by Gasteiger charge is -2.13. The fraction of sp³-hybridized carbons (Fsp3) is 0.364. The molecular formula is C22H26ClN3O7. The number of aromatic hydroxyl groups is 1. The van der Waals surface area contributed by atoms with Gasteiger partial charge >= 0.3 is 6.16 Å². The van der Waals surface area contributed by atoms with Crippen LogP contribution in [0, 0.1) is 0 Å². The normalized spacial score (nSPS) is 13.3. The van der Waals surface area contributed by atoms with Gasteiger partial charge in [-0.3, -0.25) is 4.79 Å². The molecule has 0 amide bonds. The van der Waals surface area contributed by atoms with Crippen LogP contribution in [0.1, 0.15) is 18.2 Å². The number of methoxy groups -OCH3 is 1. The lowest BCUT2D eigenvalue weighted by molar-refractivity contribution is 0.142. The van der Waals surface area contributed by atoms with Crippen LogP contribution in [0.25, 0.3) is 22.2 Å². The third kappa shape index (κ3) is 4.63. The van der Waals surface area contributed by atoms with Gasteiger partial charge in [0.05, 0.1) is 24.4 Å². The zero-order valence-corrected chi connectivity index (χ0v) is 19.2. The standard InChI is InChI=1S/C22H25N3O7.ClH/c1-11(10-30-3)23-9-13-6-12-7-15-17(8-16(12)25(13)2)31-5-4-14-18(15)24-21(27)20(19(14)26)32-22(28)29;/h6-8,11,23H,4-5,9-10H2,1-3H3,(H,28,29)(H2,24,26,27);1H. The Kier molecular flexibility index (Phi) is 7.21. The number of nitrogens with zero attached hydrogens (tertiary/aromatic N) is 1. The first-order valence-corrected chi connectivity index (χ1v) is 10.2. The van der Waals surface area contributed by atoms with Crippen molar-refractivity contribution in [1.82, 2.24) is 14.9 Å². The summed E-state index contributed by atoms with van der Waals surface area (Å²) in [5, 5.41) is 23.8. The van der Waals surface area contributed by atoms with Crippen molar-refractivity contribution in [3.05, 3.63) is 39.8 Å². The van der Waals surface area contributed by atoms with Crippen molar-refractivity contribution >= 4 is 29.5 Å². The Morgan fingerprint density at radius 1 is 1.36 bits per heavy atom. The number of rotatable bonds is 6. The van der Waals surface area contributed by atoms with E-state index < -0.39 is 23.2 Å². The number of hydrogen-bond donors (Lipinski definition) is 4. The van der Waals surface area contributed by atoms with Gasteiger partial charge < -0.3 is 39.3 Å². The molecule has 0 bridgehead atoms. The molecule has 0 saturated heterocycles. The fourth-order valence-corrected chi connectivity index (χ4v) is 4.02. The van der Waals surface area contributed by atoms with E-state index in [9.17, 15) is 14.7 Å². The molecule has 3 heterocycles. The average molecular weight is 480 g/mol. The third-order valence-electron chi connectivity index (χ3n) is 5.61. The van der Waals surface area contributed by atoms with Crippen molar-refractivity contribution in [3.8, 4) is 28.5 Å². The first kappa shape index (κ1) is 24.4. The number of halogens is 1. The molecule has 0 radical (unpaired) electrons. The summed E-state index contributed by atoms with van der Waals surface area (Å²) in [4.78, 5) is 26.0. The van der Waals surface area contributed by atoms with Crippen LogP contribution in [-0.4, -0.2) is 52.3 Å². The van der Waals surface area contributed by atoms with Gasteiger partial charge in [0.1, 0.15) is 5.75 Å². The van der Waals surface area contributed by atoms with Crippen molar-refractivity contribution < 1.29 is 29.2 Å². The van der Waals surface area contributed by atoms with E-state index in [1.165, 1.54) is 0 Å². The number of aryl methyl sites for hydroxylation is 1. The van der Waals surface area contributed by atoms with Gasteiger partial charge in [-0.25, -0.2) is 4.79 Å². The van der Waals surface area contributed by atoms with Crippen LogP contribution >= 0.6 is 12.4 Å². The second-order valence-electron chi connectivity index (χ2n) is 7.79. The van der Waals surface area contributed by atoms with Crippen molar-refractivity contribution in [2.45, 2.75) is 25.9 Å². The molecule has 10 nitrogen and oxygen atoms in total. The Morgan fingerprint density at radius 3 is 2.82 bits per heavy atom. The maximum atomic E-state index is 12.4. The lowest BCUT2D eigenvalue weighted by atomic mass is 10.0. The molecule has 0 fully saturated rings. The highest BCUT2D eigenvalue weighted by Gasteiger charge is 2.26. The van der Waals surface area contributed by atoms with Gasteiger partial charge in [0, 0.05) is 61.4 Å². The topological polar surface area (TPSA) is 135 Å². The summed E-state index contributed by atoms with van der Waals surface area (Å²) in [6.07, 6.45) is -1.41. The highest BCUT2D eigenvalue weighted by atomic mass is 35.5. The van der Waals surface area contributed by atoms with E-state index in [0.717, 1.165) is 16.6 Å². The molecule has 4 N–H and O–H groups in total. The molecule has 1 atom stereocenters. The summed E-state index contributed by atoms with van der Waals surface area (Å²) in [6, 6.07) is 6.04. The Labute approximate surface area is 195 Å². The molecule has 4 rings (SSSR count). The van der Waals surface area contributed by atoms with Crippen LogP contribution in [0.15, 0.2) is 23.0 Å². The predicted octanol–water partition coefficient (Wildman–Crippen LogP) is 2.78. The minimum atomic E-state index is -1.68. The number of pyridine rings is 1. The van der Waals surface area contributed by atoms with Gasteiger partial charge in [-0.2, -0.15) is 0 Å². The molecule has 1 aliphatic heterocycles. The summed E-state index contributed by atoms with van der Waals surface area (Å²) in [5.41, 5.74) is 2.55. The smallest absolute Gasteiger partial charge is 0.504 e. The Balaban J connectivity index is 0.00000306. The van der Waals surface area contributed by atoms with Crippen LogP contribution < -0.4 is 20.3 Å². The second kappa shape index (κ2) is 9.74. The number of ether oxygens (including phenoxy) is 3. The van der Waals surface area contributed by atoms with Gasteiger partial charge in [0.15, 0.2) is 5.75 Å². The number of benzene rings is 1. The van der Waals surface area contributed by atoms with Crippen LogP contribution in [0.5, 0.6) is 17.2 Å². The number of hydrogen-bond acceptors (Lipinski definition) is 7. The summed E-state index contributed by atoms with van der Waals surface area (Å²) >= 11 is 0. The van der Waals surface area contributed by atoms with Crippen LogP contribution in [0.3, 0.4) is 0 Å². The highest BCUT2D eigenvalue weighted by molar-refractivity contribution is 5.90. The molecule has 1 unspecified atom stereocenters. The molecule has 1 aromatic carbocycles. The SMILES string of the molecule is COCC(C)NCc1cc2cc3c(cc2n1C)OCCc1c-3[nH]c(=O)c(OC(=O)O)c1O.Cl. The van der Waals surface area contributed by atoms with E-state index in [1.54, 1.807) is 7.11 Å². The largest absolute Gasteiger partial charge is 0.511 e. The Morgan fingerprint density at radius 2 is 2.12 bits per heavy atom. The molecule has 11 heteroatoms. The van der Waals surface area contributed by atoms with Crippen LogP contribution in [0.4, 0.5) is 4.79 Å². The quantitative estimate of drug-likeness (QED) is 0.396. The first-order valence-electron chi connectivity index (χ1n) is 10.2. The van der Waals surface area contributed by atoms with Gasteiger partial charge in [0.25, 0.3) is 5.56 Å². The zero-order valence-electron chi connectivity index (χ0n) is 18.4. The van der Waals surface area contributed by atoms with E-state index >= 15 is 0 Å². The maximum absolute atomic E-state index is 12.4. The number of carboxylic acid groups (broad SMARTS) is 1. The van der Waals surface area contributed by atoms with Crippen molar-refractivity contribution in [2.75, 3.05) is 20.3 Å². The van der Waals surface area contributed by atoms with Crippen molar-refractivity contribution in [2.24, 2.45) is 7.05 Å². The van der Waals surface area contributed by atoms with E-state index in [4.69, 9.17) is 14.6 Å². The minimum absolute atomic E-state index is 0. The van der Waals surface area contributed by atoms with Gasteiger partial charge in [-0.05, 0) is 19.1 Å². The molecular weight excluding hydrogens is 454 g/mol. The monoisotopic (exact) mass is 479 g/mol. The van der Waals surface area contributed by atoms with E-state index in [2.05, 4.69) is 19.6 Å². The van der Waals surface area contributed by atoms with Crippen LogP contribution in [0.2, 0.25) is 0 Å². The maximum Gasteiger partial charge on any atom is 0.511 e. The number of aromatic nitrogens is 2. The molecule has 0 spiro atoms. The minimum Gasteiger partial charge on any atom is -0.504 e. The average Bonchev–Trinajstić information content (AvgIpc) is 2.93. The summed E-state index contributed by atoms with van der Waals surface area (Å²) in [5.74, 6) is -0.571. The molecule has 2 aromatic heterocycles. The van der Waals surface area contributed by atoms with Crippen LogP contribution in [-0.2, 0) is 24.8 Å². The first-order chi connectivity index (χ1) is 15.3. The molecule has 3 aromatic rings. The summed E-state index contributed by atoms with van der Waals surface area (Å²) in [6.45, 7) is 3.54. The number of H-pyrrole nitrogens is 1. The third-order valence-corrected chi connectivity index (χ3v) is 5.61. The summed E-state index contributed by atoms with van der Waals surface area (Å²) in [7, 11) is 3.64. The molecule has 33 heavy (non-hydrogen) atoms. The molecule has 178 valence electrons. The zero-order chi connectivity index (χ0) is 23.0. The highest BCUT2D eigenvalue weighted by Crippen LogP contribution is 2.41. The Hall–Kier alpha value is -3.21. The summed E-state index contributed by atoms with van der Waals surface area (Å²) < 4.78 is 17.6. The fourth-order valence-electron chi connectivity index (χ4n) is 4.02. The van der Waals surface area contributed by atoms with Gasteiger partial charge in [-0.1, -0.05) is 0 Å². The molecule has 0 saturated carbocycles. The van der Waals surface area contributed by atoms with Gasteiger partial charge in [0.2, 0.25) is 5.75 Å². The van der Waals surface area contributed by atoms with E-state index in [0.29, 0.717) is 35.7 Å². The van der Waals surface area contributed by atoms with Gasteiger partial charge in [-0.15, -0.1) is 12.4 Å². The predicted molar refractivity (Wildman–Crippen MR) is 124 cm³/mol. The second-order valence-corrected chi connectivity index (χ2v) is 7.79. The van der Waals surface area contributed by atoms with Crippen molar-refractivity contribution in [1.29, 1.82) is 0 Å². The number of nitrogens with one attached hydrogen (secondary N) is 2. The number of carbonyl (C=O) groups is 1. The number of aromatic amines is 1. The lowest BCUT2D eigenvalue weighted by Crippen LogP contribution is -2.30. The Bertz CT molecular complexity index is 1250. The van der Waals surface area contributed by atoms with Crippen molar-refractivity contribution in [3.63, 3.8) is 0 Å².